The van der Waals surface area contributed by atoms with Crippen molar-refractivity contribution in [3.8, 4) is 5.75 Å². The molecule has 8 nitrogen and oxygen atoms in total. The summed E-state index contributed by atoms with van der Waals surface area (Å²) in [5.74, 6) is -0.184. The lowest BCUT2D eigenvalue weighted by atomic mass is 9.93. The largest absolute Gasteiger partial charge is 0.508 e. The summed E-state index contributed by atoms with van der Waals surface area (Å²) in [5.41, 5.74) is 2.54. The summed E-state index contributed by atoms with van der Waals surface area (Å²) in [5, 5.41) is 12.4. The number of rotatable bonds is 5. The van der Waals surface area contributed by atoms with E-state index in [2.05, 4.69) is 15.3 Å². The van der Waals surface area contributed by atoms with E-state index in [0.29, 0.717) is 24.4 Å². The van der Waals surface area contributed by atoms with Crippen LogP contribution in [0.5, 0.6) is 5.75 Å². The van der Waals surface area contributed by atoms with Gasteiger partial charge in [0.25, 0.3) is 11.5 Å². The predicted molar refractivity (Wildman–Crippen MR) is 124 cm³/mol. The van der Waals surface area contributed by atoms with Gasteiger partial charge in [-0.3, -0.25) is 14.4 Å². The molecule has 1 unspecified atom stereocenters. The van der Waals surface area contributed by atoms with Crippen LogP contribution in [0.4, 0.5) is 0 Å². The van der Waals surface area contributed by atoms with Gasteiger partial charge < -0.3 is 20.3 Å². The van der Waals surface area contributed by atoms with E-state index in [0.717, 1.165) is 17.2 Å². The minimum Gasteiger partial charge on any atom is -0.508 e. The predicted octanol–water partition coefficient (Wildman–Crippen LogP) is 2.18. The normalized spacial score (nSPS) is 15.3. The third kappa shape index (κ3) is 5.35. The molecule has 1 atom stereocenters. The van der Waals surface area contributed by atoms with Crippen molar-refractivity contribution in [1.29, 1.82) is 0 Å². The van der Waals surface area contributed by atoms with Gasteiger partial charge in [-0.15, -0.1) is 0 Å². The molecular weight excluding hydrogens is 420 g/mol. The Morgan fingerprint density at radius 2 is 1.97 bits per heavy atom. The molecule has 1 aromatic heterocycles. The van der Waals surface area contributed by atoms with Crippen LogP contribution in [0.3, 0.4) is 0 Å². The number of phenolic OH excluding ortho intramolecular Hbond substituents is 1. The number of hydrogen-bond acceptors (Lipinski definition) is 5. The van der Waals surface area contributed by atoms with E-state index in [-0.39, 0.29) is 29.9 Å². The van der Waals surface area contributed by atoms with Crippen LogP contribution in [0.2, 0.25) is 0 Å². The van der Waals surface area contributed by atoms with Crippen LogP contribution < -0.4 is 10.9 Å². The molecule has 0 aliphatic carbocycles. The first kappa shape index (κ1) is 22.0. The van der Waals surface area contributed by atoms with E-state index in [9.17, 15) is 19.5 Å². The van der Waals surface area contributed by atoms with Crippen LogP contribution >= 0.6 is 0 Å². The van der Waals surface area contributed by atoms with Crippen molar-refractivity contribution >= 4 is 17.9 Å². The fourth-order valence-electron chi connectivity index (χ4n) is 3.92. The number of fused-ring (bicyclic) bond motifs is 1. The van der Waals surface area contributed by atoms with E-state index in [4.69, 9.17) is 0 Å². The van der Waals surface area contributed by atoms with Crippen LogP contribution in [0, 0.1) is 6.92 Å². The number of carbonyl (C=O) groups excluding carboxylic acids is 2. The van der Waals surface area contributed by atoms with Gasteiger partial charge in [0.2, 0.25) is 5.91 Å². The highest BCUT2D eigenvalue weighted by Gasteiger charge is 2.29. The second kappa shape index (κ2) is 9.52. The number of hydrogen-bond donors (Lipinski definition) is 3. The summed E-state index contributed by atoms with van der Waals surface area (Å²) in [4.78, 5) is 45.6. The first-order valence-corrected chi connectivity index (χ1v) is 10.6. The van der Waals surface area contributed by atoms with Gasteiger partial charge in [0.1, 0.15) is 17.3 Å². The Kier molecular flexibility index (Phi) is 6.35. The molecule has 1 aliphatic rings. The van der Waals surface area contributed by atoms with Gasteiger partial charge in [-0.1, -0.05) is 36.4 Å². The standard InChI is InChI=1S/C25H24N4O4/c1-16-27-22(13-23(31)28-16)25(33)26-14-20-12-18-6-2-3-7-19(18)15-29(20)24(32)10-9-17-5-4-8-21(30)11-17/h2-11,13,20,30H,12,14-15H2,1H3,(H,26,33)(H,27,28,31)/b10-9+. The molecule has 0 saturated heterocycles. The molecule has 33 heavy (non-hydrogen) atoms. The van der Waals surface area contributed by atoms with Crippen molar-refractivity contribution in [2.45, 2.75) is 25.9 Å². The molecular formula is C25H24N4O4. The maximum absolute atomic E-state index is 13.1. The lowest BCUT2D eigenvalue weighted by molar-refractivity contribution is -0.129. The van der Waals surface area contributed by atoms with Gasteiger partial charge in [-0.05, 0) is 48.2 Å². The molecule has 4 rings (SSSR count). The Bertz CT molecular complexity index is 1280. The third-order valence-corrected chi connectivity index (χ3v) is 5.52. The van der Waals surface area contributed by atoms with Gasteiger partial charge in [0.05, 0.1) is 6.04 Å². The summed E-state index contributed by atoms with van der Waals surface area (Å²) in [6.45, 7) is 2.24. The second-order valence-electron chi connectivity index (χ2n) is 7.95. The maximum Gasteiger partial charge on any atom is 0.270 e. The molecule has 0 radical (unpaired) electrons. The van der Waals surface area contributed by atoms with Gasteiger partial charge in [0, 0.05) is 25.2 Å². The maximum atomic E-state index is 13.1. The highest BCUT2D eigenvalue weighted by molar-refractivity contribution is 5.93. The second-order valence-corrected chi connectivity index (χ2v) is 7.95. The summed E-state index contributed by atoms with van der Waals surface area (Å²) in [6.07, 6.45) is 3.71. The molecule has 0 spiro atoms. The number of carbonyl (C=O) groups is 2. The van der Waals surface area contributed by atoms with Crippen molar-refractivity contribution in [2.24, 2.45) is 0 Å². The number of amides is 2. The number of benzene rings is 2. The molecule has 168 valence electrons. The summed E-state index contributed by atoms with van der Waals surface area (Å²) < 4.78 is 0. The molecule has 3 N–H and O–H groups in total. The van der Waals surface area contributed by atoms with E-state index < -0.39 is 11.5 Å². The first-order chi connectivity index (χ1) is 15.9. The number of aromatic amines is 1. The Hall–Kier alpha value is -4.20. The van der Waals surface area contributed by atoms with E-state index in [1.54, 1.807) is 42.2 Å². The molecule has 2 amide bonds. The monoisotopic (exact) mass is 444 g/mol. The zero-order valence-corrected chi connectivity index (χ0v) is 18.1. The van der Waals surface area contributed by atoms with Crippen molar-refractivity contribution in [1.82, 2.24) is 20.2 Å². The van der Waals surface area contributed by atoms with Crippen molar-refractivity contribution in [3.63, 3.8) is 0 Å². The van der Waals surface area contributed by atoms with Crippen molar-refractivity contribution < 1.29 is 14.7 Å². The number of aromatic hydroxyl groups is 1. The van der Waals surface area contributed by atoms with Crippen molar-refractivity contribution in [3.05, 3.63) is 99.2 Å². The number of phenols is 1. The molecule has 0 bridgehead atoms. The van der Waals surface area contributed by atoms with E-state index in [1.807, 2.05) is 24.3 Å². The number of nitrogens with zero attached hydrogens (tertiary/aromatic N) is 2. The topological polar surface area (TPSA) is 115 Å². The number of H-pyrrole nitrogens is 1. The first-order valence-electron chi connectivity index (χ1n) is 10.6. The Balaban J connectivity index is 1.52. The fraction of sp³-hybridized carbons (Fsp3) is 0.200. The minimum absolute atomic E-state index is 0.0362. The zero-order chi connectivity index (χ0) is 23.4. The highest BCUT2D eigenvalue weighted by atomic mass is 16.3. The summed E-state index contributed by atoms with van der Waals surface area (Å²) in [7, 11) is 0. The SMILES string of the molecule is Cc1nc(C(=O)NCC2Cc3ccccc3CN2C(=O)/C=C/c2cccc(O)c2)cc(=O)[nH]1. The average molecular weight is 444 g/mol. The number of nitrogens with one attached hydrogen (secondary N) is 2. The van der Waals surface area contributed by atoms with Crippen molar-refractivity contribution in [2.75, 3.05) is 6.54 Å². The minimum atomic E-state index is -0.467. The summed E-state index contributed by atoms with van der Waals surface area (Å²) in [6, 6.07) is 15.4. The number of aryl methyl sites for hydroxylation is 1. The number of aromatic nitrogens is 2. The molecule has 0 saturated carbocycles. The van der Waals surface area contributed by atoms with Crippen LogP contribution in [0.25, 0.3) is 6.08 Å². The van der Waals surface area contributed by atoms with Crippen LogP contribution in [-0.4, -0.2) is 44.4 Å². The molecule has 3 aromatic rings. The molecule has 1 aliphatic heterocycles. The highest BCUT2D eigenvalue weighted by Crippen LogP contribution is 2.24. The van der Waals surface area contributed by atoms with Crippen LogP contribution in [-0.2, 0) is 17.8 Å². The van der Waals surface area contributed by atoms with E-state index in [1.165, 1.54) is 6.08 Å². The van der Waals surface area contributed by atoms with E-state index >= 15 is 0 Å². The molecule has 2 aromatic carbocycles. The Labute approximate surface area is 190 Å². The quantitative estimate of drug-likeness (QED) is 0.522. The Morgan fingerprint density at radius 3 is 2.73 bits per heavy atom. The lowest BCUT2D eigenvalue weighted by Crippen LogP contribution is -2.49. The van der Waals surface area contributed by atoms with Gasteiger partial charge in [0.15, 0.2) is 0 Å². The van der Waals surface area contributed by atoms with Gasteiger partial charge >= 0.3 is 0 Å². The smallest absolute Gasteiger partial charge is 0.270 e. The average Bonchev–Trinajstić information content (AvgIpc) is 2.79. The molecule has 2 heterocycles. The van der Waals surface area contributed by atoms with Crippen LogP contribution in [0.1, 0.15) is 33.0 Å². The zero-order valence-electron chi connectivity index (χ0n) is 18.1. The lowest BCUT2D eigenvalue weighted by Gasteiger charge is -2.36. The molecule has 8 heteroatoms. The Morgan fingerprint density at radius 1 is 1.18 bits per heavy atom. The van der Waals surface area contributed by atoms with Gasteiger partial charge in [-0.25, -0.2) is 4.98 Å². The fourth-order valence-corrected chi connectivity index (χ4v) is 3.92. The molecule has 0 fully saturated rings. The summed E-state index contributed by atoms with van der Waals surface area (Å²) >= 11 is 0. The van der Waals surface area contributed by atoms with Crippen LogP contribution in [0.15, 0.2) is 65.5 Å². The third-order valence-electron chi connectivity index (χ3n) is 5.52. The van der Waals surface area contributed by atoms with Gasteiger partial charge in [-0.2, -0.15) is 0 Å².